The average molecular weight is 340 g/mol. The van der Waals surface area contributed by atoms with Crippen molar-refractivity contribution in [3.05, 3.63) is 53.4 Å². The molecule has 0 radical (unpaired) electrons. The van der Waals surface area contributed by atoms with Crippen LogP contribution in [0, 0.1) is 5.92 Å². The minimum atomic E-state index is 0.563. The summed E-state index contributed by atoms with van der Waals surface area (Å²) in [5.74, 6) is 2.31. The first-order chi connectivity index (χ1) is 11.8. The Morgan fingerprint density at radius 1 is 1.33 bits per heavy atom. The molecule has 24 heavy (non-hydrogen) atoms. The number of furan rings is 1. The third-order valence-corrected chi connectivity index (χ3v) is 5.08. The van der Waals surface area contributed by atoms with Crippen LogP contribution in [0.25, 0.3) is 11.0 Å². The number of ether oxygens (including phenoxy) is 2. The zero-order chi connectivity index (χ0) is 15.9. The van der Waals surface area contributed by atoms with E-state index in [-0.39, 0.29) is 0 Å². The van der Waals surface area contributed by atoms with Crippen LogP contribution in [0.3, 0.4) is 0 Å². The Balaban J connectivity index is 1.35. The Morgan fingerprint density at radius 2 is 2.33 bits per heavy atom. The lowest BCUT2D eigenvalue weighted by Gasteiger charge is -2.15. The molecule has 2 aliphatic heterocycles. The first-order valence-corrected chi connectivity index (χ1v) is 8.84. The third kappa shape index (κ3) is 2.57. The van der Waals surface area contributed by atoms with Crippen molar-refractivity contribution in [1.82, 2.24) is 9.88 Å². The van der Waals surface area contributed by atoms with E-state index in [1.54, 1.807) is 6.20 Å². The van der Waals surface area contributed by atoms with Crippen molar-refractivity contribution < 1.29 is 13.9 Å². The van der Waals surface area contributed by atoms with Gasteiger partial charge in [-0.2, -0.15) is 0 Å². The second-order valence-electron chi connectivity index (χ2n) is 6.16. The average Bonchev–Trinajstić information content (AvgIpc) is 3.30. The molecule has 5 nitrogen and oxygen atoms in total. The molecule has 2 aromatic heterocycles. The van der Waals surface area contributed by atoms with E-state index in [1.165, 1.54) is 16.9 Å². The SMILES string of the molecule is C1=C2COCC2CN1Cc1cc2cc(Oc3nccs3)ccc2o1. The Morgan fingerprint density at radius 3 is 3.21 bits per heavy atom. The smallest absolute Gasteiger partial charge is 0.278 e. The van der Waals surface area contributed by atoms with Gasteiger partial charge < -0.3 is 18.8 Å². The summed E-state index contributed by atoms with van der Waals surface area (Å²) < 4.78 is 17.2. The molecule has 0 amide bonds. The summed E-state index contributed by atoms with van der Waals surface area (Å²) in [5, 5.41) is 3.60. The van der Waals surface area contributed by atoms with Crippen molar-refractivity contribution in [2.45, 2.75) is 6.54 Å². The van der Waals surface area contributed by atoms with E-state index in [0.29, 0.717) is 11.1 Å². The van der Waals surface area contributed by atoms with Gasteiger partial charge >= 0.3 is 0 Å². The lowest BCUT2D eigenvalue weighted by atomic mass is 10.1. The molecule has 2 aliphatic rings. The number of thiazole rings is 1. The van der Waals surface area contributed by atoms with Crippen molar-refractivity contribution in [2.24, 2.45) is 5.92 Å². The predicted molar refractivity (Wildman–Crippen MR) is 91.2 cm³/mol. The standard InChI is InChI=1S/C18H16N2O3S/c1-2-17-12(5-15(1)23-18-19-3-4-24-18)6-16(22-17)9-20-7-13-10-21-11-14(13)8-20/h1-7,14H,8-11H2. The van der Waals surface area contributed by atoms with Gasteiger partial charge in [-0.3, -0.25) is 0 Å². The van der Waals surface area contributed by atoms with E-state index in [1.807, 2.05) is 23.6 Å². The highest BCUT2D eigenvalue weighted by molar-refractivity contribution is 7.11. The first kappa shape index (κ1) is 14.1. The maximum Gasteiger partial charge on any atom is 0.278 e. The van der Waals surface area contributed by atoms with Crippen LogP contribution in [0.2, 0.25) is 0 Å². The Hall–Kier alpha value is -2.31. The molecule has 0 saturated carbocycles. The van der Waals surface area contributed by atoms with Gasteiger partial charge in [-0.15, -0.1) is 0 Å². The lowest BCUT2D eigenvalue weighted by Crippen LogP contribution is -2.18. The maximum absolute atomic E-state index is 5.97. The largest absolute Gasteiger partial charge is 0.459 e. The van der Waals surface area contributed by atoms with Crippen LogP contribution in [-0.2, 0) is 11.3 Å². The fourth-order valence-corrected chi connectivity index (χ4v) is 3.82. The van der Waals surface area contributed by atoms with Crippen molar-refractivity contribution in [3.8, 4) is 10.9 Å². The molecule has 122 valence electrons. The maximum atomic E-state index is 5.97. The van der Waals surface area contributed by atoms with Crippen LogP contribution in [0.1, 0.15) is 5.76 Å². The molecule has 1 atom stereocenters. The fraction of sp³-hybridized carbons (Fsp3) is 0.278. The van der Waals surface area contributed by atoms with Gasteiger partial charge in [0.2, 0.25) is 0 Å². The summed E-state index contributed by atoms with van der Waals surface area (Å²) in [5.41, 5.74) is 2.29. The molecule has 6 heteroatoms. The second-order valence-corrected chi connectivity index (χ2v) is 7.02. The molecular formula is C18H16N2O3S. The number of hydrogen-bond acceptors (Lipinski definition) is 6. The van der Waals surface area contributed by atoms with Crippen molar-refractivity contribution in [2.75, 3.05) is 19.8 Å². The second kappa shape index (κ2) is 5.65. The van der Waals surface area contributed by atoms with E-state index < -0.39 is 0 Å². The zero-order valence-corrected chi connectivity index (χ0v) is 13.8. The molecule has 1 unspecified atom stereocenters. The van der Waals surface area contributed by atoms with Gasteiger partial charge in [0.15, 0.2) is 0 Å². The van der Waals surface area contributed by atoms with Gasteiger partial charge in [0.1, 0.15) is 17.1 Å². The molecule has 0 spiro atoms. The van der Waals surface area contributed by atoms with E-state index in [2.05, 4.69) is 22.2 Å². The van der Waals surface area contributed by atoms with Gasteiger partial charge in [0.05, 0.1) is 19.8 Å². The number of nitrogens with zero attached hydrogens (tertiary/aromatic N) is 2. The first-order valence-electron chi connectivity index (χ1n) is 7.96. The molecule has 0 bridgehead atoms. The highest BCUT2D eigenvalue weighted by atomic mass is 32.1. The number of benzene rings is 1. The molecule has 1 saturated heterocycles. The van der Waals surface area contributed by atoms with Gasteiger partial charge in [0, 0.05) is 35.6 Å². The zero-order valence-electron chi connectivity index (χ0n) is 13.0. The third-order valence-electron chi connectivity index (χ3n) is 4.43. The quantitative estimate of drug-likeness (QED) is 0.718. The van der Waals surface area contributed by atoms with Crippen LogP contribution >= 0.6 is 11.3 Å². The minimum absolute atomic E-state index is 0.563. The summed E-state index contributed by atoms with van der Waals surface area (Å²) in [6.07, 6.45) is 3.96. The molecule has 5 rings (SSSR count). The van der Waals surface area contributed by atoms with Gasteiger partial charge in [0.25, 0.3) is 5.19 Å². The van der Waals surface area contributed by atoms with E-state index in [4.69, 9.17) is 13.9 Å². The minimum Gasteiger partial charge on any atom is -0.459 e. The van der Waals surface area contributed by atoms with Crippen molar-refractivity contribution in [3.63, 3.8) is 0 Å². The highest BCUT2D eigenvalue weighted by Gasteiger charge is 2.29. The van der Waals surface area contributed by atoms with Crippen LogP contribution < -0.4 is 4.74 Å². The van der Waals surface area contributed by atoms with E-state index in [0.717, 1.165) is 48.8 Å². The fourth-order valence-electron chi connectivity index (χ4n) is 3.32. The summed E-state index contributed by atoms with van der Waals surface area (Å²) in [6, 6.07) is 7.95. The molecule has 3 aromatic rings. The van der Waals surface area contributed by atoms with E-state index in [9.17, 15) is 0 Å². The summed E-state index contributed by atoms with van der Waals surface area (Å²) in [7, 11) is 0. The number of aromatic nitrogens is 1. The van der Waals surface area contributed by atoms with Crippen molar-refractivity contribution >= 4 is 22.3 Å². The van der Waals surface area contributed by atoms with Crippen molar-refractivity contribution in [1.29, 1.82) is 0 Å². The summed E-state index contributed by atoms with van der Waals surface area (Å²) in [4.78, 5) is 6.46. The van der Waals surface area contributed by atoms with Crippen LogP contribution in [0.15, 0.2) is 52.0 Å². The predicted octanol–water partition coefficient (Wildman–Crippen LogP) is 4.03. The molecule has 0 N–H and O–H groups in total. The van der Waals surface area contributed by atoms with Crippen LogP contribution in [0.5, 0.6) is 10.9 Å². The van der Waals surface area contributed by atoms with E-state index >= 15 is 0 Å². The normalized spacial score (nSPS) is 19.8. The Kier molecular flexibility index (Phi) is 3.31. The number of hydrogen-bond donors (Lipinski definition) is 0. The molecule has 0 aliphatic carbocycles. The monoisotopic (exact) mass is 340 g/mol. The topological polar surface area (TPSA) is 47.7 Å². The van der Waals surface area contributed by atoms with Crippen LogP contribution in [-0.4, -0.2) is 29.6 Å². The highest BCUT2D eigenvalue weighted by Crippen LogP contribution is 2.31. The van der Waals surface area contributed by atoms with Gasteiger partial charge in [-0.1, -0.05) is 11.3 Å². The van der Waals surface area contributed by atoms with Crippen LogP contribution in [0.4, 0.5) is 0 Å². The molecule has 1 fully saturated rings. The molecular weight excluding hydrogens is 324 g/mol. The number of rotatable bonds is 4. The molecule has 1 aromatic carbocycles. The number of fused-ring (bicyclic) bond motifs is 2. The lowest BCUT2D eigenvalue weighted by molar-refractivity contribution is 0.173. The Bertz CT molecular complexity index is 900. The Labute approximate surface area is 143 Å². The van der Waals surface area contributed by atoms with Gasteiger partial charge in [-0.25, -0.2) is 4.98 Å². The van der Waals surface area contributed by atoms with Gasteiger partial charge in [-0.05, 0) is 29.8 Å². The summed E-state index contributed by atoms with van der Waals surface area (Å²) in [6.45, 7) is 3.43. The molecule has 4 heterocycles. The summed E-state index contributed by atoms with van der Waals surface area (Å²) >= 11 is 1.48.